The molecule has 0 radical (unpaired) electrons. The van der Waals surface area contributed by atoms with Crippen LogP contribution in [-0.2, 0) is 0 Å². The average Bonchev–Trinajstić information content (AvgIpc) is 2.36. The molecule has 0 aliphatic rings. The van der Waals surface area contributed by atoms with Crippen LogP contribution >= 0.6 is 11.6 Å². The van der Waals surface area contributed by atoms with Crippen LogP contribution in [0.2, 0.25) is 5.02 Å². The van der Waals surface area contributed by atoms with Crippen LogP contribution in [0.5, 0.6) is 0 Å². The summed E-state index contributed by atoms with van der Waals surface area (Å²) in [6, 6.07) is 2.79. The smallest absolute Gasteiger partial charge is 0.142 e. The molecule has 1 unspecified atom stereocenters. The van der Waals surface area contributed by atoms with E-state index in [1.54, 1.807) is 0 Å². The molecule has 0 aliphatic carbocycles. The van der Waals surface area contributed by atoms with Crippen LogP contribution in [-0.4, -0.2) is 0 Å². The summed E-state index contributed by atoms with van der Waals surface area (Å²) < 4.78 is 53.5. The molecule has 0 amide bonds. The highest BCUT2D eigenvalue weighted by atomic mass is 35.5. The van der Waals surface area contributed by atoms with E-state index in [2.05, 4.69) is 0 Å². The molecule has 2 aromatic rings. The predicted molar refractivity (Wildman–Crippen MR) is 63.8 cm³/mol. The lowest BCUT2D eigenvalue weighted by molar-refractivity contribution is 0.554. The normalized spacial score (nSPS) is 12.5. The van der Waals surface area contributed by atoms with Crippen molar-refractivity contribution in [3.05, 3.63) is 69.8 Å². The molecule has 0 saturated carbocycles. The largest absolute Gasteiger partial charge is 0.320 e. The molecule has 2 N–H and O–H groups in total. The fourth-order valence-corrected chi connectivity index (χ4v) is 1.85. The summed E-state index contributed by atoms with van der Waals surface area (Å²) in [5.74, 6) is -3.29. The Labute approximate surface area is 111 Å². The minimum atomic E-state index is -1.33. The van der Waals surface area contributed by atoms with Gasteiger partial charge in [0.05, 0.1) is 11.1 Å². The highest BCUT2D eigenvalue weighted by Crippen LogP contribution is 2.28. The molecule has 19 heavy (non-hydrogen) atoms. The van der Waals surface area contributed by atoms with Crippen LogP contribution in [0.3, 0.4) is 0 Å². The fraction of sp³-hybridized carbons (Fsp3) is 0.0769. The highest BCUT2D eigenvalue weighted by molar-refractivity contribution is 6.30. The monoisotopic (exact) mass is 289 g/mol. The molecule has 6 heteroatoms. The maximum atomic E-state index is 13.7. The van der Waals surface area contributed by atoms with Gasteiger partial charge in [0.15, 0.2) is 0 Å². The van der Waals surface area contributed by atoms with Crippen LogP contribution in [0.25, 0.3) is 0 Å². The summed E-state index contributed by atoms with van der Waals surface area (Å²) >= 11 is 5.40. The van der Waals surface area contributed by atoms with Gasteiger partial charge in [0, 0.05) is 11.1 Å². The van der Waals surface area contributed by atoms with Gasteiger partial charge in [-0.05, 0) is 30.3 Å². The van der Waals surface area contributed by atoms with Crippen molar-refractivity contribution in [1.82, 2.24) is 0 Å². The topological polar surface area (TPSA) is 26.0 Å². The van der Waals surface area contributed by atoms with Crippen molar-refractivity contribution in [2.45, 2.75) is 6.04 Å². The first kappa shape index (κ1) is 13.8. The van der Waals surface area contributed by atoms with Gasteiger partial charge in [-0.1, -0.05) is 11.6 Å². The van der Waals surface area contributed by atoms with Crippen LogP contribution in [0.15, 0.2) is 30.3 Å². The zero-order chi connectivity index (χ0) is 14.2. The highest BCUT2D eigenvalue weighted by Gasteiger charge is 2.20. The van der Waals surface area contributed by atoms with Crippen molar-refractivity contribution in [3.63, 3.8) is 0 Å². The fourth-order valence-electron chi connectivity index (χ4n) is 1.70. The Morgan fingerprint density at radius 3 is 2.16 bits per heavy atom. The second-order valence-electron chi connectivity index (χ2n) is 3.93. The van der Waals surface area contributed by atoms with E-state index in [-0.39, 0.29) is 11.1 Å². The van der Waals surface area contributed by atoms with Crippen molar-refractivity contribution in [1.29, 1.82) is 0 Å². The summed E-state index contributed by atoms with van der Waals surface area (Å²) in [6.45, 7) is 0. The Balaban J connectivity index is 2.52. The number of rotatable bonds is 2. The van der Waals surface area contributed by atoms with Crippen molar-refractivity contribution >= 4 is 11.6 Å². The molecule has 0 fully saturated rings. The number of hydrogen-bond donors (Lipinski definition) is 1. The Morgan fingerprint density at radius 2 is 1.47 bits per heavy atom. The van der Waals surface area contributed by atoms with E-state index in [4.69, 9.17) is 17.3 Å². The molecular weight excluding hydrogens is 282 g/mol. The molecule has 0 saturated heterocycles. The van der Waals surface area contributed by atoms with E-state index in [0.29, 0.717) is 0 Å². The molecule has 1 atom stereocenters. The summed E-state index contributed by atoms with van der Waals surface area (Å²) in [6.07, 6.45) is 0. The van der Waals surface area contributed by atoms with Crippen molar-refractivity contribution < 1.29 is 17.6 Å². The molecule has 0 heterocycles. The van der Waals surface area contributed by atoms with Gasteiger partial charge in [0.25, 0.3) is 0 Å². The lowest BCUT2D eigenvalue weighted by Crippen LogP contribution is -2.16. The molecule has 0 spiro atoms. The van der Waals surface area contributed by atoms with Gasteiger partial charge in [0.1, 0.15) is 23.3 Å². The summed E-state index contributed by atoms with van der Waals surface area (Å²) in [7, 11) is 0. The van der Waals surface area contributed by atoms with E-state index in [9.17, 15) is 17.6 Å². The second-order valence-corrected chi connectivity index (χ2v) is 4.34. The molecule has 0 aromatic heterocycles. The van der Waals surface area contributed by atoms with Crippen LogP contribution in [0.4, 0.5) is 17.6 Å². The van der Waals surface area contributed by atoms with E-state index < -0.39 is 34.3 Å². The Morgan fingerprint density at radius 1 is 0.842 bits per heavy atom. The van der Waals surface area contributed by atoms with E-state index in [1.807, 2.05) is 0 Å². The van der Waals surface area contributed by atoms with Gasteiger partial charge in [-0.2, -0.15) is 0 Å². The number of benzene rings is 2. The zero-order valence-corrected chi connectivity index (χ0v) is 10.2. The molecule has 2 rings (SSSR count). The average molecular weight is 290 g/mol. The first-order chi connectivity index (χ1) is 8.90. The molecule has 0 aliphatic heterocycles. The van der Waals surface area contributed by atoms with E-state index >= 15 is 0 Å². The number of nitrogens with two attached hydrogens (primary N) is 1. The maximum Gasteiger partial charge on any atom is 0.142 e. The number of halogens is 5. The lowest BCUT2D eigenvalue weighted by atomic mass is 9.98. The van der Waals surface area contributed by atoms with Crippen molar-refractivity contribution in [2.24, 2.45) is 5.73 Å². The second kappa shape index (κ2) is 5.19. The van der Waals surface area contributed by atoms with E-state index in [0.717, 1.165) is 30.3 Å². The summed E-state index contributed by atoms with van der Waals surface area (Å²) in [5, 5.41) is -0.409. The van der Waals surface area contributed by atoms with Crippen molar-refractivity contribution in [2.75, 3.05) is 0 Å². The predicted octanol–water partition coefficient (Wildman–Crippen LogP) is 3.94. The Kier molecular flexibility index (Phi) is 3.78. The number of hydrogen-bond acceptors (Lipinski definition) is 1. The molecular formula is C13H8ClF4N. The maximum absolute atomic E-state index is 13.7. The molecule has 0 bridgehead atoms. The van der Waals surface area contributed by atoms with Gasteiger partial charge in [-0.15, -0.1) is 0 Å². The van der Waals surface area contributed by atoms with Crippen LogP contribution < -0.4 is 5.73 Å². The van der Waals surface area contributed by atoms with Crippen molar-refractivity contribution in [3.8, 4) is 0 Å². The molecule has 1 nitrogen and oxygen atoms in total. The lowest BCUT2D eigenvalue weighted by Gasteiger charge is -2.15. The molecule has 2 aromatic carbocycles. The van der Waals surface area contributed by atoms with Gasteiger partial charge < -0.3 is 5.73 Å². The van der Waals surface area contributed by atoms with Crippen LogP contribution in [0.1, 0.15) is 17.2 Å². The quantitative estimate of drug-likeness (QED) is 0.657. The third kappa shape index (κ3) is 2.72. The third-order valence-electron chi connectivity index (χ3n) is 2.67. The third-order valence-corrected chi connectivity index (χ3v) is 2.96. The van der Waals surface area contributed by atoms with Gasteiger partial charge in [0.2, 0.25) is 0 Å². The summed E-state index contributed by atoms with van der Waals surface area (Å²) in [5.41, 5.74) is 5.09. The Bertz CT molecular complexity index is 630. The van der Waals surface area contributed by atoms with Gasteiger partial charge >= 0.3 is 0 Å². The van der Waals surface area contributed by atoms with Gasteiger partial charge in [-0.25, -0.2) is 17.6 Å². The molecule has 100 valence electrons. The first-order valence-corrected chi connectivity index (χ1v) is 5.63. The minimum Gasteiger partial charge on any atom is -0.320 e. The standard InChI is InChI=1S/C13H8ClF4N/c14-9-5-11(17)8(4-12(9)18)13(19)7-3-6(15)1-2-10(7)16/h1-5,13H,19H2. The van der Waals surface area contributed by atoms with E-state index in [1.165, 1.54) is 0 Å². The SMILES string of the molecule is NC(c1cc(F)ccc1F)c1cc(F)c(Cl)cc1F. The zero-order valence-electron chi connectivity index (χ0n) is 9.43. The van der Waals surface area contributed by atoms with Gasteiger partial charge in [-0.3, -0.25) is 0 Å². The van der Waals surface area contributed by atoms with Crippen LogP contribution in [0, 0.1) is 23.3 Å². The minimum absolute atomic E-state index is 0.263. The first-order valence-electron chi connectivity index (χ1n) is 5.25. The Hall–Kier alpha value is -1.59. The summed E-state index contributed by atoms with van der Waals surface area (Å²) in [4.78, 5) is 0.